The van der Waals surface area contributed by atoms with Gasteiger partial charge < -0.3 is 0 Å². The molecule has 0 spiro atoms. The summed E-state index contributed by atoms with van der Waals surface area (Å²) in [7, 11) is 0. The Labute approximate surface area is 89.1 Å². The van der Waals surface area contributed by atoms with E-state index in [1.54, 1.807) is 12.3 Å². The van der Waals surface area contributed by atoms with Gasteiger partial charge in [-0.25, -0.2) is 4.98 Å². The normalized spacial score (nSPS) is 13.4. The second-order valence-corrected chi connectivity index (χ2v) is 4.30. The molecule has 0 amide bonds. The monoisotopic (exact) mass is 217 g/mol. The van der Waals surface area contributed by atoms with Crippen LogP contribution < -0.4 is 0 Å². The van der Waals surface area contributed by atoms with E-state index in [-0.39, 0.29) is 0 Å². The smallest absolute Gasteiger partial charge is 0.133 e. The Morgan fingerprint density at radius 2 is 1.85 bits per heavy atom. The third-order valence-corrected chi connectivity index (χ3v) is 2.97. The van der Waals surface area contributed by atoms with Crippen molar-refractivity contribution in [3.63, 3.8) is 0 Å². The van der Waals surface area contributed by atoms with Crippen LogP contribution in [0.1, 0.15) is 32.3 Å². The van der Waals surface area contributed by atoms with Gasteiger partial charge in [-0.15, -0.1) is 0 Å². The molecular formula is C10H13Cl2N. The maximum Gasteiger partial charge on any atom is 0.133 e. The molecule has 0 N–H and O–H groups in total. The van der Waals surface area contributed by atoms with Crippen molar-refractivity contribution in [2.75, 3.05) is 0 Å². The van der Waals surface area contributed by atoms with Crippen LogP contribution >= 0.6 is 23.2 Å². The highest BCUT2D eigenvalue weighted by molar-refractivity contribution is 6.35. The summed E-state index contributed by atoms with van der Waals surface area (Å²) in [5, 5.41) is 1.23. The third kappa shape index (κ3) is 2.35. The average molecular weight is 218 g/mol. The fourth-order valence-corrected chi connectivity index (χ4v) is 1.86. The molecule has 0 radical (unpaired) electrons. The minimum atomic E-state index is 0.341. The van der Waals surface area contributed by atoms with Crippen molar-refractivity contribution < 1.29 is 0 Å². The third-order valence-electron chi connectivity index (χ3n) is 2.34. The molecule has 0 aliphatic carbocycles. The highest BCUT2D eigenvalue weighted by Crippen LogP contribution is 2.33. The number of hydrogen-bond donors (Lipinski definition) is 0. The van der Waals surface area contributed by atoms with Gasteiger partial charge in [0.2, 0.25) is 0 Å². The highest BCUT2D eigenvalue weighted by Gasteiger charge is 2.17. The van der Waals surface area contributed by atoms with E-state index in [9.17, 15) is 0 Å². The largest absolute Gasteiger partial charge is 0.244 e. The van der Waals surface area contributed by atoms with E-state index in [1.807, 2.05) is 0 Å². The summed E-state index contributed by atoms with van der Waals surface area (Å²) in [4.78, 5) is 4.02. The molecule has 0 aliphatic rings. The number of pyridine rings is 1. The van der Waals surface area contributed by atoms with Crippen LogP contribution in [0.15, 0.2) is 12.3 Å². The van der Waals surface area contributed by atoms with Crippen molar-refractivity contribution in [2.24, 2.45) is 5.92 Å². The van der Waals surface area contributed by atoms with Crippen molar-refractivity contribution in [1.29, 1.82) is 0 Å². The summed E-state index contributed by atoms with van der Waals surface area (Å²) in [5.41, 5.74) is 0.959. The quantitative estimate of drug-likeness (QED) is 0.679. The molecule has 1 atom stereocenters. The maximum absolute atomic E-state index is 6.04. The molecule has 13 heavy (non-hydrogen) atoms. The minimum absolute atomic E-state index is 0.341. The van der Waals surface area contributed by atoms with Gasteiger partial charge in [-0.1, -0.05) is 44.0 Å². The Kier molecular flexibility index (Phi) is 3.57. The molecule has 0 bridgehead atoms. The number of halogens is 2. The van der Waals surface area contributed by atoms with E-state index < -0.39 is 0 Å². The second-order valence-electron chi connectivity index (χ2n) is 3.53. The lowest BCUT2D eigenvalue weighted by Gasteiger charge is -2.17. The standard InChI is InChI=1S/C10H13Cl2N/c1-6(2)7(3)9-8(11)4-5-13-10(9)12/h4-7H,1-3H3. The molecule has 0 fully saturated rings. The lowest BCUT2D eigenvalue weighted by Crippen LogP contribution is -2.04. The first-order chi connectivity index (χ1) is 6.04. The lowest BCUT2D eigenvalue weighted by molar-refractivity contribution is 0.534. The van der Waals surface area contributed by atoms with Crippen LogP contribution in [0.25, 0.3) is 0 Å². The molecule has 1 aromatic rings. The zero-order chi connectivity index (χ0) is 10.0. The fourth-order valence-electron chi connectivity index (χ4n) is 1.16. The summed E-state index contributed by atoms with van der Waals surface area (Å²) < 4.78 is 0. The summed E-state index contributed by atoms with van der Waals surface area (Å²) >= 11 is 12.0. The van der Waals surface area contributed by atoms with Crippen LogP contribution in [-0.4, -0.2) is 4.98 Å². The van der Waals surface area contributed by atoms with Crippen LogP contribution in [0.4, 0.5) is 0 Å². The van der Waals surface area contributed by atoms with Crippen molar-refractivity contribution in [3.8, 4) is 0 Å². The van der Waals surface area contributed by atoms with Crippen LogP contribution in [0, 0.1) is 5.92 Å². The van der Waals surface area contributed by atoms with E-state index in [0.29, 0.717) is 22.0 Å². The molecule has 1 rings (SSSR count). The van der Waals surface area contributed by atoms with Crippen molar-refractivity contribution in [3.05, 3.63) is 28.0 Å². The van der Waals surface area contributed by atoms with E-state index in [4.69, 9.17) is 23.2 Å². The van der Waals surface area contributed by atoms with Crippen LogP contribution in [0.3, 0.4) is 0 Å². The number of nitrogens with zero attached hydrogens (tertiary/aromatic N) is 1. The van der Waals surface area contributed by atoms with E-state index in [2.05, 4.69) is 25.8 Å². The van der Waals surface area contributed by atoms with Gasteiger partial charge in [-0.3, -0.25) is 0 Å². The van der Waals surface area contributed by atoms with Gasteiger partial charge in [0.15, 0.2) is 0 Å². The van der Waals surface area contributed by atoms with Crippen molar-refractivity contribution in [1.82, 2.24) is 4.98 Å². The Morgan fingerprint density at radius 3 is 2.31 bits per heavy atom. The van der Waals surface area contributed by atoms with Gasteiger partial charge in [-0.05, 0) is 17.9 Å². The molecule has 0 aromatic carbocycles. The number of aromatic nitrogens is 1. The van der Waals surface area contributed by atoms with Gasteiger partial charge in [0.05, 0.1) is 0 Å². The van der Waals surface area contributed by atoms with E-state index >= 15 is 0 Å². The number of hydrogen-bond acceptors (Lipinski definition) is 1. The van der Waals surface area contributed by atoms with Gasteiger partial charge in [-0.2, -0.15) is 0 Å². The topological polar surface area (TPSA) is 12.9 Å². The summed E-state index contributed by atoms with van der Waals surface area (Å²) in [6.45, 7) is 6.40. The van der Waals surface area contributed by atoms with Crippen molar-refractivity contribution >= 4 is 23.2 Å². The first-order valence-electron chi connectivity index (χ1n) is 4.34. The maximum atomic E-state index is 6.04. The predicted octanol–water partition coefficient (Wildman–Crippen LogP) is 4.15. The molecule has 0 saturated heterocycles. The predicted molar refractivity (Wildman–Crippen MR) is 57.5 cm³/mol. The van der Waals surface area contributed by atoms with Crippen LogP contribution in [0.2, 0.25) is 10.2 Å². The fraction of sp³-hybridized carbons (Fsp3) is 0.500. The Morgan fingerprint density at radius 1 is 1.23 bits per heavy atom. The summed E-state index contributed by atoms with van der Waals surface area (Å²) in [5.74, 6) is 0.855. The first kappa shape index (κ1) is 10.8. The summed E-state index contributed by atoms with van der Waals surface area (Å²) in [6, 6.07) is 1.78. The molecular weight excluding hydrogens is 205 g/mol. The Balaban J connectivity index is 3.12. The van der Waals surface area contributed by atoms with Crippen LogP contribution in [0.5, 0.6) is 0 Å². The molecule has 1 unspecified atom stereocenters. The average Bonchev–Trinajstić information content (AvgIpc) is 2.03. The minimum Gasteiger partial charge on any atom is -0.244 e. The van der Waals surface area contributed by atoms with E-state index in [0.717, 1.165) is 5.56 Å². The van der Waals surface area contributed by atoms with Gasteiger partial charge in [0.25, 0.3) is 0 Å². The first-order valence-corrected chi connectivity index (χ1v) is 5.09. The molecule has 1 aromatic heterocycles. The second kappa shape index (κ2) is 4.30. The van der Waals surface area contributed by atoms with Gasteiger partial charge in [0, 0.05) is 16.8 Å². The van der Waals surface area contributed by atoms with E-state index in [1.165, 1.54) is 0 Å². The SMILES string of the molecule is CC(C)C(C)c1c(Cl)ccnc1Cl. The zero-order valence-corrected chi connectivity index (χ0v) is 9.52. The molecule has 1 nitrogen and oxygen atoms in total. The summed E-state index contributed by atoms with van der Waals surface area (Å²) in [6.07, 6.45) is 1.63. The molecule has 0 saturated carbocycles. The molecule has 1 heterocycles. The van der Waals surface area contributed by atoms with Gasteiger partial charge in [0.1, 0.15) is 5.15 Å². The number of rotatable bonds is 2. The zero-order valence-electron chi connectivity index (χ0n) is 8.01. The molecule has 3 heteroatoms. The Bertz CT molecular complexity index is 277. The molecule has 0 aliphatic heterocycles. The van der Waals surface area contributed by atoms with Crippen molar-refractivity contribution in [2.45, 2.75) is 26.7 Å². The highest BCUT2D eigenvalue weighted by atomic mass is 35.5. The Hall–Kier alpha value is -0.270. The molecule has 72 valence electrons. The van der Waals surface area contributed by atoms with Crippen LogP contribution in [-0.2, 0) is 0 Å². The lowest BCUT2D eigenvalue weighted by atomic mass is 9.91. The van der Waals surface area contributed by atoms with Gasteiger partial charge >= 0.3 is 0 Å².